The number of rotatable bonds is 1. The van der Waals surface area contributed by atoms with Crippen molar-refractivity contribution in [2.45, 2.75) is 13.8 Å². The Morgan fingerprint density at radius 3 is 2.29 bits per heavy atom. The summed E-state index contributed by atoms with van der Waals surface area (Å²) in [6.07, 6.45) is 1.48. The first-order valence-corrected chi connectivity index (χ1v) is 8.15. The van der Waals surface area contributed by atoms with Crippen LogP contribution in [0.4, 0.5) is 11.4 Å². The van der Waals surface area contributed by atoms with Crippen LogP contribution in [0, 0.1) is 5.92 Å². The summed E-state index contributed by atoms with van der Waals surface area (Å²) in [6, 6.07) is 10.7. The molecule has 3 rings (SSSR count). The highest BCUT2D eigenvalue weighted by molar-refractivity contribution is 6.29. The number of carbonyl (C=O) groups is 2. The number of para-hydroxylation sites is 2. The highest BCUT2D eigenvalue weighted by Gasteiger charge is 2.30. The summed E-state index contributed by atoms with van der Waals surface area (Å²) in [5.74, 6) is -0.0360. The molecule has 124 valence electrons. The van der Waals surface area contributed by atoms with Crippen LogP contribution < -0.4 is 9.80 Å². The summed E-state index contributed by atoms with van der Waals surface area (Å²) in [5.41, 5.74) is 1.96. The average Bonchev–Trinajstić information content (AvgIpc) is 2.72. The van der Waals surface area contributed by atoms with Gasteiger partial charge < -0.3 is 9.80 Å². The second kappa shape index (κ2) is 6.61. The van der Waals surface area contributed by atoms with Crippen molar-refractivity contribution in [2.24, 2.45) is 5.92 Å². The maximum absolute atomic E-state index is 13.0. The molecule has 1 aliphatic heterocycles. The number of anilines is 2. The zero-order valence-corrected chi connectivity index (χ0v) is 14.3. The molecule has 2 aromatic rings. The zero-order valence-electron chi connectivity index (χ0n) is 13.6. The molecule has 5 nitrogen and oxygen atoms in total. The third-order valence-electron chi connectivity index (χ3n) is 4.05. The number of halogens is 1. The predicted octanol–water partition coefficient (Wildman–Crippen LogP) is 3.38. The Kier molecular flexibility index (Phi) is 4.53. The van der Waals surface area contributed by atoms with E-state index in [1.807, 2.05) is 31.2 Å². The molecule has 0 spiro atoms. The van der Waals surface area contributed by atoms with E-state index in [9.17, 15) is 9.59 Å². The van der Waals surface area contributed by atoms with E-state index in [1.165, 1.54) is 6.20 Å². The first-order valence-electron chi connectivity index (χ1n) is 7.78. The largest absolute Gasteiger partial charge is 0.310 e. The van der Waals surface area contributed by atoms with Crippen LogP contribution in [-0.4, -0.2) is 29.9 Å². The van der Waals surface area contributed by atoms with Gasteiger partial charge in [-0.15, -0.1) is 0 Å². The fourth-order valence-corrected chi connectivity index (χ4v) is 3.06. The quantitative estimate of drug-likeness (QED) is 0.746. The number of fused-ring (bicyclic) bond motifs is 1. The minimum Gasteiger partial charge on any atom is -0.310 e. The molecule has 0 bridgehead atoms. The standard InChI is InChI=1S/C18H18ClN3O2/c1-12-10-21(13(2)23)15-5-3-4-6-16(15)22(11-12)18(24)14-7-8-17(19)20-9-14/h3-9,12H,10-11H2,1-2H3/t12-/m1/s1. The normalized spacial score (nSPS) is 17.2. The average molecular weight is 344 g/mol. The van der Waals surface area contributed by atoms with Crippen LogP contribution in [0.15, 0.2) is 42.6 Å². The van der Waals surface area contributed by atoms with Gasteiger partial charge in [-0.25, -0.2) is 4.98 Å². The number of aromatic nitrogens is 1. The number of nitrogens with zero attached hydrogens (tertiary/aromatic N) is 3. The monoisotopic (exact) mass is 343 g/mol. The third kappa shape index (κ3) is 3.12. The Hall–Kier alpha value is -2.40. The van der Waals surface area contributed by atoms with Crippen molar-refractivity contribution in [3.63, 3.8) is 0 Å². The number of hydrogen-bond donors (Lipinski definition) is 0. The highest BCUT2D eigenvalue weighted by Crippen LogP contribution is 2.34. The Morgan fingerprint density at radius 2 is 1.71 bits per heavy atom. The van der Waals surface area contributed by atoms with E-state index in [1.54, 1.807) is 28.9 Å². The van der Waals surface area contributed by atoms with Crippen LogP contribution in [0.25, 0.3) is 0 Å². The highest BCUT2D eigenvalue weighted by atomic mass is 35.5. The molecule has 1 aliphatic rings. The van der Waals surface area contributed by atoms with E-state index < -0.39 is 0 Å². The van der Waals surface area contributed by atoms with E-state index in [0.29, 0.717) is 23.8 Å². The van der Waals surface area contributed by atoms with Gasteiger partial charge >= 0.3 is 0 Å². The second-order valence-electron chi connectivity index (χ2n) is 6.01. The van der Waals surface area contributed by atoms with Crippen molar-refractivity contribution in [1.29, 1.82) is 0 Å². The van der Waals surface area contributed by atoms with Gasteiger partial charge in [0.2, 0.25) is 5.91 Å². The van der Waals surface area contributed by atoms with Gasteiger partial charge in [0.15, 0.2) is 0 Å². The molecule has 0 aliphatic carbocycles. The third-order valence-corrected chi connectivity index (χ3v) is 4.27. The van der Waals surface area contributed by atoms with Gasteiger partial charge in [-0.1, -0.05) is 30.7 Å². The van der Waals surface area contributed by atoms with E-state index in [-0.39, 0.29) is 17.7 Å². The maximum atomic E-state index is 13.0. The first kappa shape index (κ1) is 16.5. The van der Waals surface area contributed by atoms with Gasteiger partial charge in [-0.2, -0.15) is 0 Å². The molecule has 2 heterocycles. The minimum atomic E-state index is -0.149. The lowest BCUT2D eigenvalue weighted by Crippen LogP contribution is -2.35. The molecule has 0 N–H and O–H groups in total. The number of amides is 2. The topological polar surface area (TPSA) is 53.5 Å². The van der Waals surface area contributed by atoms with E-state index >= 15 is 0 Å². The molecule has 0 fully saturated rings. The molecular weight excluding hydrogens is 326 g/mol. The molecular formula is C18H18ClN3O2. The van der Waals surface area contributed by atoms with E-state index in [4.69, 9.17) is 11.6 Å². The van der Waals surface area contributed by atoms with E-state index in [0.717, 1.165) is 11.4 Å². The lowest BCUT2D eigenvalue weighted by molar-refractivity contribution is -0.116. The lowest BCUT2D eigenvalue weighted by atomic mass is 10.1. The van der Waals surface area contributed by atoms with Crippen molar-refractivity contribution >= 4 is 34.8 Å². The summed E-state index contributed by atoms with van der Waals surface area (Å²) in [5, 5.41) is 0.346. The Labute approximate surface area is 145 Å². The Balaban J connectivity index is 2.06. The lowest BCUT2D eigenvalue weighted by Gasteiger charge is -2.24. The van der Waals surface area contributed by atoms with E-state index in [2.05, 4.69) is 4.98 Å². The van der Waals surface area contributed by atoms with Crippen LogP contribution in [0.3, 0.4) is 0 Å². The predicted molar refractivity (Wildman–Crippen MR) is 94.6 cm³/mol. The number of benzene rings is 1. The van der Waals surface area contributed by atoms with Gasteiger partial charge in [0.25, 0.3) is 5.91 Å². The van der Waals surface area contributed by atoms with Crippen LogP contribution in [0.2, 0.25) is 5.15 Å². The maximum Gasteiger partial charge on any atom is 0.259 e. The van der Waals surface area contributed by atoms with Crippen molar-refractivity contribution in [3.05, 3.63) is 53.3 Å². The number of hydrogen-bond acceptors (Lipinski definition) is 3. The summed E-state index contributed by atoms with van der Waals surface area (Å²) < 4.78 is 0. The minimum absolute atomic E-state index is 0.0308. The first-order chi connectivity index (χ1) is 11.5. The molecule has 0 saturated carbocycles. The molecule has 0 radical (unpaired) electrons. The summed E-state index contributed by atoms with van der Waals surface area (Å²) in [6.45, 7) is 4.68. The van der Waals surface area contributed by atoms with Crippen LogP contribution in [-0.2, 0) is 4.79 Å². The summed E-state index contributed by atoms with van der Waals surface area (Å²) in [4.78, 5) is 32.5. The van der Waals surface area contributed by atoms with Crippen molar-refractivity contribution in [2.75, 3.05) is 22.9 Å². The van der Waals surface area contributed by atoms with Gasteiger partial charge in [-0.3, -0.25) is 9.59 Å². The Morgan fingerprint density at radius 1 is 1.08 bits per heavy atom. The SMILES string of the molecule is CC(=O)N1C[C@@H](C)CN(C(=O)c2ccc(Cl)nc2)c2ccccc21. The fourth-order valence-electron chi connectivity index (χ4n) is 2.95. The molecule has 24 heavy (non-hydrogen) atoms. The molecule has 2 amide bonds. The molecule has 6 heteroatoms. The second-order valence-corrected chi connectivity index (χ2v) is 6.40. The summed E-state index contributed by atoms with van der Waals surface area (Å²) in [7, 11) is 0. The van der Waals surface area contributed by atoms with Gasteiger partial charge in [-0.05, 0) is 30.2 Å². The van der Waals surface area contributed by atoms with Crippen LogP contribution in [0.1, 0.15) is 24.2 Å². The van der Waals surface area contributed by atoms with Crippen molar-refractivity contribution in [3.8, 4) is 0 Å². The zero-order chi connectivity index (χ0) is 17.3. The van der Waals surface area contributed by atoms with Crippen molar-refractivity contribution in [1.82, 2.24) is 4.98 Å². The number of pyridine rings is 1. The van der Waals surface area contributed by atoms with Crippen molar-refractivity contribution < 1.29 is 9.59 Å². The van der Waals surface area contributed by atoms with Crippen LogP contribution >= 0.6 is 11.6 Å². The van der Waals surface area contributed by atoms with Gasteiger partial charge in [0, 0.05) is 26.2 Å². The molecule has 1 aromatic carbocycles. The fraction of sp³-hybridized carbons (Fsp3) is 0.278. The molecule has 1 aromatic heterocycles. The van der Waals surface area contributed by atoms with Gasteiger partial charge in [0.05, 0.1) is 16.9 Å². The Bertz CT molecular complexity index is 776. The van der Waals surface area contributed by atoms with Gasteiger partial charge in [0.1, 0.15) is 5.15 Å². The molecule has 1 atom stereocenters. The molecule has 0 saturated heterocycles. The smallest absolute Gasteiger partial charge is 0.259 e. The van der Waals surface area contributed by atoms with Crippen LogP contribution in [0.5, 0.6) is 0 Å². The molecule has 0 unspecified atom stereocenters. The summed E-state index contributed by atoms with van der Waals surface area (Å²) >= 11 is 5.81. The number of carbonyl (C=O) groups excluding carboxylic acids is 2.